The lowest BCUT2D eigenvalue weighted by Crippen LogP contribution is -2.53. The average molecular weight is 570 g/mol. The van der Waals surface area contributed by atoms with Gasteiger partial charge in [-0.15, -0.1) is 0 Å². The van der Waals surface area contributed by atoms with Crippen molar-refractivity contribution in [2.24, 2.45) is 0 Å². The van der Waals surface area contributed by atoms with Crippen LogP contribution in [0.25, 0.3) is 0 Å². The van der Waals surface area contributed by atoms with Crippen LogP contribution in [0.2, 0.25) is 5.02 Å². The molecule has 0 heterocycles. The van der Waals surface area contributed by atoms with E-state index in [0.717, 1.165) is 41.3 Å². The second kappa shape index (κ2) is 12.9. The van der Waals surface area contributed by atoms with Crippen LogP contribution in [0.5, 0.6) is 5.75 Å². The van der Waals surface area contributed by atoms with E-state index in [4.69, 9.17) is 16.3 Å². The van der Waals surface area contributed by atoms with E-state index in [0.29, 0.717) is 23.7 Å². The zero-order valence-corrected chi connectivity index (χ0v) is 22.4. The molecule has 1 N–H and O–H groups in total. The molecule has 4 rings (SSSR count). The van der Waals surface area contributed by atoms with Gasteiger partial charge in [-0.25, -0.2) is 0 Å². The van der Waals surface area contributed by atoms with Crippen LogP contribution in [0.4, 0.5) is 0 Å². The molecule has 5 nitrogen and oxygen atoms in total. The van der Waals surface area contributed by atoms with Crippen molar-refractivity contribution in [3.8, 4) is 5.75 Å². The summed E-state index contributed by atoms with van der Waals surface area (Å²) in [5.74, 6) is 0.119. The number of halogens is 2. The van der Waals surface area contributed by atoms with E-state index in [1.54, 1.807) is 29.2 Å². The maximum Gasteiger partial charge on any atom is 0.261 e. The monoisotopic (exact) mass is 568 g/mol. The Bertz CT molecular complexity index is 1150. The van der Waals surface area contributed by atoms with E-state index in [2.05, 4.69) is 21.2 Å². The van der Waals surface area contributed by atoms with Crippen molar-refractivity contribution in [1.82, 2.24) is 10.2 Å². The first-order valence-corrected chi connectivity index (χ1v) is 13.4. The molecule has 3 aromatic carbocycles. The van der Waals surface area contributed by atoms with Crippen molar-refractivity contribution < 1.29 is 14.3 Å². The van der Waals surface area contributed by atoms with Crippen LogP contribution in [0.3, 0.4) is 0 Å². The predicted molar refractivity (Wildman–Crippen MR) is 146 cm³/mol. The number of carbonyl (C=O) groups excluding carboxylic acids is 2. The number of hydrogen-bond donors (Lipinski definition) is 1. The first kappa shape index (κ1) is 26.2. The number of nitrogens with one attached hydrogen (secondary N) is 1. The lowest BCUT2D eigenvalue weighted by atomic mass is 10.0. The van der Waals surface area contributed by atoms with Crippen molar-refractivity contribution in [2.45, 2.75) is 50.7 Å². The number of hydrogen-bond acceptors (Lipinski definition) is 3. The van der Waals surface area contributed by atoms with Gasteiger partial charge in [-0.05, 0) is 54.3 Å². The quantitative estimate of drug-likeness (QED) is 0.317. The lowest BCUT2D eigenvalue weighted by Gasteiger charge is -2.32. The van der Waals surface area contributed by atoms with Gasteiger partial charge in [0.05, 0.1) is 0 Å². The van der Waals surface area contributed by atoms with Crippen molar-refractivity contribution in [3.63, 3.8) is 0 Å². The second-order valence-electron chi connectivity index (χ2n) is 9.09. The minimum atomic E-state index is -0.674. The maximum atomic E-state index is 13.6. The van der Waals surface area contributed by atoms with E-state index >= 15 is 0 Å². The van der Waals surface area contributed by atoms with Gasteiger partial charge in [0.25, 0.3) is 5.91 Å². The Labute approximate surface area is 225 Å². The molecular weight excluding hydrogens is 540 g/mol. The van der Waals surface area contributed by atoms with Gasteiger partial charge in [-0.2, -0.15) is 0 Å². The highest BCUT2D eigenvalue weighted by Crippen LogP contribution is 2.22. The van der Waals surface area contributed by atoms with Gasteiger partial charge in [0.15, 0.2) is 6.61 Å². The normalized spacial score (nSPS) is 14.3. The molecule has 0 spiro atoms. The van der Waals surface area contributed by atoms with Crippen LogP contribution in [0.1, 0.15) is 36.8 Å². The van der Waals surface area contributed by atoms with Crippen LogP contribution < -0.4 is 10.1 Å². The Morgan fingerprint density at radius 3 is 2.39 bits per heavy atom. The Hall–Kier alpha value is -2.83. The number of amides is 2. The van der Waals surface area contributed by atoms with Gasteiger partial charge in [0.2, 0.25) is 5.91 Å². The van der Waals surface area contributed by atoms with E-state index in [1.807, 2.05) is 54.6 Å². The number of ether oxygens (including phenoxy) is 1. The average Bonchev–Trinajstić information content (AvgIpc) is 3.39. The SMILES string of the molecule is O=C(NC1CCCC1)[C@@H](Cc1ccccc1)N(Cc1ccc(Br)cc1)C(=O)COc1cccc(Cl)c1. The fourth-order valence-electron chi connectivity index (χ4n) is 4.49. The maximum absolute atomic E-state index is 13.6. The fraction of sp³-hybridized carbons (Fsp3) is 0.310. The van der Waals surface area contributed by atoms with Gasteiger partial charge in [0.1, 0.15) is 11.8 Å². The van der Waals surface area contributed by atoms with Crippen LogP contribution in [0.15, 0.2) is 83.3 Å². The van der Waals surface area contributed by atoms with Crippen molar-refractivity contribution in [3.05, 3.63) is 99.5 Å². The summed E-state index contributed by atoms with van der Waals surface area (Å²) in [7, 11) is 0. The third-order valence-electron chi connectivity index (χ3n) is 6.40. The van der Waals surface area contributed by atoms with E-state index in [9.17, 15) is 9.59 Å². The third-order valence-corrected chi connectivity index (χ3v) is 7.16. The van der Waals surface area contributed by atoms with Crippen LogP contribution >= 0.6 is 27.5 Å². The first-order valence-electron chi connectivity index (χ1n) is 12.2. The van der Waals surface area contributed by atoms with Gasteiger partial charge in [0, 0.05) is 28.5 Å². The molecule has 1 aliphatic rings. The summed E-state index contributed by atoms with van der Waals surface area (Å²) in [6, 6.07) is 24.0. The number of carbonyl (C=O) groups is 2. The number of benzene rings is 3. The van der Waals surface area contributed by atoms with E-state index in [-0.39, 0.29) is 24.5 Å². The Kier molecular flexibility index (Phi) is 9.42. The molecule has 0 unspecified atom stereocenters. The molecule has 3 aromatic rings. The van der Waals surface area contributed by atoms with E-state index < -0.39 is 6.04 Å². The molecule has 2 amide bonds. The molecule has 36 heavy (non-hydrogen) atoms. The summed E-state index contributed by atoms with van der Waals surface area (Å²) in [5, 5.41) is 3.74. The number of rotatable bonds is 10. The second-order valence-corrected chi connectivity index (χ2v) is 10.4. The zero-order chi connectivity index (χ0) is 25.3. The van der Waals surface area contributed by atoms with Crippen LogP contribution in [0, 0.1) is 0 Å². The van der Waals surface area contributed by atoms with Gasteiger partial charge in [-0.3, -0.25) is 9.59 Å². The largest absolute Gasteiger partial charge is 0.484 e. The Balaban J connectivity index is 1.60. The third kappa shape index (κ3) is 7.58. The molecule has 0 aliphatic heterocycles. The highest BCUT2D eigenvalue weighted by atomic mass is 79.9. The van der Waals surface area contributed by atoms with Crippen LogP contribution in [-0.4, -0.2) is 35.4 Å². The zero-order valence-electron chi connectivity index (χ0n) is 20.0. The van der Waals surface area contributed by atoms with Gasteiger partial charge >= 0.3 is 0 Å². The molecule has 7 heteroatoms. The minimum Gasteiger partial charge on any atom is -0.484 e. The molecule has 1 fully saturated rings. The molecular formula is C29H30BrClN2O3. The molecule has 0 saturated heterocycles. The minimum absolute atomic E-state index is 0.126. The van der Waals surface area contributed by atoms with Crippen LogP contribution in [-0.2, 0) is 22.6 Å². The summed E-state index contributed by atoms with van der Waals surface area (Å²) < 4.78 is 6.74. The first-order chi connectivity index (χ1) is 17.5. The topological polar surface area (TPSA) is 58.6 Å². The summed E-state index contributed by atoms with van der Waals surface area (Å²) in [5.41, 5.74) is 1.93. The number of nitrogens with zero attached hydrogens (tertiary/aromatic N) is 1. The molecule has 0 bridgehead atoms. The molecule has 1 aliphatic carbocycles. The highest BCUT2D eigenvalue weighted by molar-refractivity contribution is 9.10. The molecule has 0 aromatic heterocycles. The summed E-state index contributed by atoms with van der Waals surface area (Å²) >= 11 is 9.54. The standard InChI is InChI=1S/C29H30BrClN2O3/c30-23-15-13-22(14-16-23)19-33(28(34)20-36-26-12-6-9-24(31)18-26)27(17-21-7-2-1-3-8-21)29(35)32-25-10-4-5-11-25/h1-3,6-9,12-16,18,25,27H,4-5,10-11,17,19-20H2,(H,32,35)/t27-/m1/s1. The van der Waals surface area contributed by atoms with Crippen molar-refractivity contribution in [2.75, 3.05) is 6.61 Å². The smallest absolute Gasteiger partial charge is 0.261 e. The highest BCUT2D eigenvalue weighted by Gasteiger charge is 2.32. The lowest BCUT2D eigenvalue weighted by molar-refractivity contribution is -0.143. The molecule has 0 radical (unpaired) electrons. The Morgan fingerprint density at radius 2 is 1.69 bits per heavy atom. The summed E-state index contributed by atoms with van der Waals surface area (Å²) in [4.78, 5) is 28.9. The molecule has 1 saturated carbocycles. The molecule has 188 valence electrons. The fourth-order valence-corrected chi connectivity index (χ4v) is 4.94. The predicted octanol–water partition coefficient (Wildman–Crippen LogP) is 6.18. The van der Waals surface area contributed by atoms with Gasteiger partial charge in [-0.1, -0.05) is 88.9 Å². The van der Waals surface area contributed by atoms with Crippen molar-refractivity contribution >= 4 is 39.3 Å². The Morgan fingerprint density at radius 1 is 0.972 bits per heavy atom. The van der Waals surface area contributed by atoms with Crippen molar-refractivity contribution in [1.29, 1.82) is 0 Å². The molecule has 1 atom stereocenters. The van der Waals surface area contributed by atoms with E-state index in [1.165, 1.54) is 0 Å². The summed E-state index contributed by atoms with van der Waals surface area (Å²) in [6.45, 7) is 0.0967. The summed E-state index contributed by atoms with van der Waals surface area (Å²) in [6.07, 6.45) is 4.59. The van der Waals surface area contributed by atoms with Gasteiger partial charge < -0.3 is 15.0 Å².